The van der Waals surface area contributed by atoms with Crippen molar-refractivity contribution in [3.63, 3.8) is 0 Å². The molecule has 1 fully saturated rings. The van der Waals surface area contributed by atoms with Crippen molar-refractivity contribution < 1.29 is 4.74 Å². The van der Waals surface area contributed by atoms with Gasteiger partial charge >= 0.3 is 0 Å². The molecule has 1 aliphatic rings. The van der Waals surface area contributed by atoms with Crippen LogP contribution in [0.15, 0.2) is 29.2 Å². The summed E-state index contributed by atoms with van der Waals surface area (Å²) in [4.78, 5) is 11.6. The first-order valence-electron chi connectivity index (χ1n) is 7.72. The lowest BCUT2D eigenvalue weighted by molar-refractivity contribution is -0.0930. The number of hydrogen-bond donors (Lipinski definition) is 1. The van der Waals surface area contributed by atoms with Crippen LogP contribution in [-0.2, 0) is 11.3 Å². The summed E-state index contributed by atoms with van der Waals surface area (Å²) < 4.78 is 7.73. The van der Waals surface area contributed by atoms with E-state index in [1.807, 2.05) is 12.3 Å². The number of nitrogens with one attached hydrogen (secondary N) is 1. The molecule has 1 saturated heterocycles. The van der Waals surface area contributed by atoms with Crippen LogP contribution in [0.1, 0.15) is 39.5 Å². The second kappa shape index (κ2) is 7.04. The van der Waals surface area contributed by atoms with E-state index in [-0.39, 0.29) is 11.2 Å². The van der Waals surface area contributed by atoms with Gasteiger partial charge in [-0.05, 0) is 31.7 Å². The first-order valence-corrected chi connectivity index (χ1v) is 7.72. The average Bonchev–Trinajstić information content (AvgIpc) is 2.49. The molecule has 1 aromatic heterocycles. The van der Waals surface area contributed by atoms with Gasteiger partial charge < -0.3 is 14.6 Å². The van der Waals surface area contributed by atoms with Crippen molar-refractivity contribution in [2.75, 3.05) is 13.2 Å². The maximum absolute atomic E-state index is 11.6. The van der Waals surface area contributed by atoms with E-state index in [1.54, 1.807) is 16.7 Å². The van der Waals surface area contributed by atoms with Gasteiger partial charge in [0.2, 0.25) is 0 Å². The molecule has 2 rings (SSSR count). The molecule has 1 aliphatic heterocycles. The van der Waals surface area contributed by atoms with E-state index in [0.29, 0.717) is 6.04 Å². The fourth-order valence-electron chi connectivity index (χ4n) is 2.98. The summed E-state index contributed by atoms with van der Waals surface area (Å²) >= 11 is 0. The molecule has 0 spiro atoms. The van der Waals surface area contributed by atoms with Crippen molar-refractivity contribution in [2.24, 2.45) is 0 Å². The van der Waals surface area contributed by atoms with Gasteiger partial charge in [-0.15, -0.1) is 0 Å². The Labute approximate surface area is 121 Å². The molecular weight excluding hydrogens is 252 g/mol. The minimum absolute atomic E-state index is 0.0551. The van der Waals surface area contributed by atoms with Gasteiger partial charge in [-0.3, -0.25) is 4.79 Å². The highest BCUT2D eigenvalue weighted by Gasteiger charge is 2.34. The molecule has 4 nitrogen and oxygen atoms in total. The molecule has 0 bridgehead atoms. The Morgan fingerprint density at radius 1 is 1.40 bits per heavy atom. The van der Waals surface area contributed by atoms with Crippen molar-refractivity contribution in [3.05, 3.63) is 34.7 Å². The second-order valence-corrected chi connectivity index (χ2v) is 5.61. The summed E-state index contributed by atoms with van der Waals surface area (Å²) in [5.41, 5.74) is 0.122. The van der Waals surface area contributed by atoms with E-state index >= 15 is 0 Å². The van der Waals surface area contributed by atoms with Gasteiger partial charge in [-0.2, -0.15) is 0 Å². The third kappa shape index (κ3) is 3.70. The van der Waals surface area contributed by atoms with Crippen molar-refractivity contribution in [1.82, 2.24) is 9.88 Å². The van der Waals surface area contributed by atoms with E-state index in [2.05, 4.69) is 19.2 Å². The predicted molar refractivity (Wildman–Crippen MR) is 81.0 cm³/mol. The number of ether oxygens (including phenoxy) is 1. The topological polar surface area (TPSA) is 43.3 Å². The number of nitrogens with zero attached hydrogens (tertiary/aromatic N) is 1. The molecule has 4 heteroatoms. The molecule has 1 aromatic rings. The molecule has 1 unspecified atom stereocenters. The number of hydrogen-bond acceptors (Lipinski definition) is 3. The fraction of sp³-hybridized carbons (Fsp3) is 0.688. The summed E-state index contributed by atoms with van der Waals surface area (Å²) in [6.45, 7) is 6.80. The van der Waals surface area contributed by atoms with Gasteiger partial charge in [0.25, 0.3) is 5.56 Å². The van der Waals surface area contributed by atoms with Crippen molar-refractivity contribution in [2.45, 2.75) is 57.7 Å². The lowest BCUT2D eigenvalue weighted by Gasteiger charge is -2.40. The zero-order chi connectivity index (χ0) is 14.4. The molecule has 1 atom stereocenters. The molecule has 0 aliphatic carbocycles. The van der Waals surface area contributed by atoms with E-state index in [0.717, 1.165) is 45.4 Å². The maximum atomic E-state index is 11.6. The predicted octanol–water partition coefficient (Wildman–Crippen LogP) is 2.18. The first-order chi connectivity index (χ1) is 9.69. The summed E-state index contributed by atoms with van der Waals surface area (Å²) in [6.07, 6.45) is 6.12. The van der Waals surface area contributed by atoms with Crippen molar-refractivity contribution in [3.8, 4) is 0 Å². The quantitative estimate of drug-likeness (QED) is 0.867. The second-order valence-electron chi connectivity index (χ2n) is 5.61. The molecule has 0 amide bonds. The molecule has 2 heterocycles. The molecule has 112 valence electrons. The van der Waals surface area contributed by atoms with Crippen LogP contribution >= 0.6 is 0 Å². The van der Waals surface area contributed by atoms with Crippen LogP contribution in [0, 0.1) is 0 Å². The van der Waals surface area contributed by atoms with Crippen LogP contribution in [0.25, 0.3) is 0 Å². The average molecular weight is 278 g/mol. The van der Waals surface area contributed by atoms with Crippen LogP contribution in [0.4, 0.5) is 0 Å². The number of aromatic nitrogens is 1. The Hall–Kier alpha value is -1.13. The van der Waals surface area contributed by atoms with Gasteiger partial charge in [0.15, 0.2) is 0 Å². The van der Waals surface area contributed by atoms with E-state index in [1.165, 1.54) is 0 Å². The standard InChI is InChI=1S/C16H26N2O2/c1-3-16(4-2)13-14(8-12-20-16)17-9-11-18-10-6-5-7-15(18)19/h5-7,10,14,17H,3-4,8-9,11-13H2,1-2H3. The Balaban J connectivity index is 1.82. The lowest BCUT2D eigenvalue weighted by Crippen LogP contribution is -2.47. The van der Waals surface area contributed by atoms with E-state index < -0.39 is 0 Å². The van der Waals surface area contributed by atoms with Gasteiger partial charge in [-0.1, -0.05) is 19.9 Å². The van der Waals surface area contributed by atoms with Gasteiger partial charge in [0, 0.05) is 38.0 Å². The van der Waals surface area contributed by atoms with Crippen LogP contribution < -0.4 is 10.9 Å². The molecule has 0 saturated carbocycles. The third-order valence-corrected chi connectivity index (χ3v) is 4.47. The largest absolute Gasteiger partial charge is 0.375 e. The Bertz CT molecular complexity index is 466. The SMILES string of the molecule is CCC1(CC)CC(NCCn2ccccc2=O)CCO1. The summed E-state index contributed by atoms with van der Waals surface area (Å²) in [5.74, 6) is 0. The summed E-state index contributed by atoms with van der Waals surface area (Å²) in [5, 5.41) is 3.58. The van der Waals surface area contributed by atoms with E-state index in [4.69, 9.17) is 4.74 Å². The summed E-state index contributed by atoms with van der Waals surface area (Å²) in [7, 11) is 0. The van der Waals surface area contributed by atoms with Crippen LogP contribution in [-0.4, -0.2) is 29.4 Å². The molecule has 1 N–H and O–H groups in total. The zero-order valence-corrected chi connectivity index (χ0v) is 12.6. The minimum Gasteiger partial charge on any atom is -0.375 e. The van der Waals surface area contributed by atoms with Crippen LogP contribution in [0.2, 0.25) is 0 Å². The third-order valence-electron chi connectivity index (χ3n) is 4.47. The molecule has 0 aromatic carbocycles. The van der Waals surface area contributed by atoms with Gasteiger partial charge in [0.05, 0.1) is 5.60 Å². The Morgan fingerprint density at radius 2 is 2.20 bits per heavy atom. The van der Waals surface area contributed by atoms with E-state index in [9.17, 15) is 4.79 Å². The summed E-state index contributed by atoms with van der Waals surface area (Å²) in [6, 6.07) is 5.78. The first kappa shape index (κ1) is 15.3. The number of rotatable bonds is 6. The molecule has 0 radical (unpaired) electrons. The highest BCUT2D eigenvalue weighted by atomic mass is 16.5. The fourth-order valence-corrected chi connectivity index (χ4v) is 2.98. The van der Waals surface area contributed by atoms with Crippen molar-refractivity contribution in [1.29, 1.82) is 0 Å². The smallest absolute Gasteiger partial charge is 0.250 e. The monoisotopic (exact) mass is 278 g/mol. The van der Waals surface area contributed by atoms with Gasteiger partial charge in [-0.25, -0.2) is 0 Å². The van der Waals surface area contributed by atoms with Gasteiger partial charge in [0.1, 0.15) is 0 Å². The molecule has 20 heavy (non-hydrogen) atoms. The zero-order valence-electron chi connectivity index (χ0n) is 12.6. The lowest BCUT2D eigenvalue weighted by atomic mass is 9.86. The van der Waals surface area contributed by atoms with Crippen LogP contribution in [0.3, 0.4) is 0 Å². The minimum atomic E-state index is 0.0551. The molecular formula is C16H26N2O2. The van der Waals surface area contributed by atoms with Crippen LogP contribution in [0.5, 0.6) is 0 Å². The highest BCUT2D eigenvalue weighted by molar-refractivity contribution is 4.93. The Morgan fingerprint density at radius 3 is 2.90 bits per heavy atom. The van der Waals surface area contributed by atoms with Crippen molar-refractivity contribution >= 4 is 0 Å². The maximum Gasteiger partial charge on any atom is 0.250 e. The Kier molecular flexibility index (Phi) is 5.38. The normalized spacial score (nSPS) is 21.8. The highest BCUT2D eigenvalue weighted by Crippen LogP contribution is 2.31. The number of pyridine rings is 1.